The maximum absolute atomic E-state index is 13.0. The highest BCUT2D eigenvalue weighted by Crippen LogP contribution is 2.24. The highest BCUT2D eigenvalue weighted by atomic mass is 35.5. The summed E-state index contributed by atoms with van der Waals surface area (Å²) in [5, 5.41) is 9.19. The van der Waals surface area contributed by atoms with Crippen LogP contribution in [0.3, 0.4) is 0 Å². The minimum atomic E-state index is -1.25. The molecule has 0 aromatic heterocycles. The number of aldehydes is 1. The van der Waals surface area contributed by atoms with Gasteiger partial charge in [0.05, 0.1) is 10.5 Å². The molecule has 0 saturated heterocycles. The lowest BCUT2D eigenvalue weighted by Gasteiger charge is -2.01. The van der Waals surface area contributed by atoms with Gasteiger partial charge in [-0.2, -0.15) is 0 Å². The van der Waals surface area contributed by atoms with Crippen molar-refractivity contribution in [3.63, 3.8) is 0 Å². The quantitative estimate of drug-likeness (QED) is 0.345. The molecule has 0 aliphatic carbocycles. The fourth-order valence-corrected chi connectivity index (χ4v) is 1.25. The first-order chi connectivity index (χ1) is 6.99. The third-order valence-corrected chi connectivity index (χ3v) is 1.87. The van der Waals surface area contributed by atoms with Gasteiger partial charge in [-0.15, -0.1) is 0 Å². The van der Waals surface area contributed by atoms with E-state index in [9.17, 15) is 24.1 Å². The normalized spacial score (nSPS) is 9.73. The number of carbonyl (C=O) groups excluding carboxylic acids is 2. The van der Waals surface area contributed by atoms with Gasteiger partial charge in [0.25, 0.3) is 10.9 Å². The lowest BCUT2D eigenvalue weighted by Crippen LogP contribution is -2.05. The van der Waals surface area contributed by atoms with Crippen LogP contribution in [0.4, 0.5) is 10.1 Å². The molecule has 0 spiro atoms. The van der Waals surface area contributed by atoms with Gasteiger partial charge in [0, 0.05) is 6.07 Å². The number of hydrogen-bond donors (Lipinski definition) is 0. The van der Waals surface area contributed by atoms with Crippen LogP contribution in [-0.4, -0.2) is 16.5 Å². The molecule has 0 amide bonds. The van der Waals surface area contributed by atoms with Crippen LogP contribution in [0.1, 0.15) is 20.7 Å². The van der Waals surface area contributed by atoms with Crippen molar-refractivity contribution in [3.8, 4) is 0 Å². The van der Waals surface area contributed by atoms with E-state index in [1.54, 1.807) is 0 Å². The van der Waals surface area contributed by atoms with Crippen molar-refractivity contribution in [2.24, 2.45) is 0 Å². The highest BCUT2D eigenvalue weighted by Gasteiger charge is 2.24. The van der Waals surface area contributed by atoms with Gasteiger partial charge in [0.15, 0.2) is 6.29 Å². The van der Waals surface area contributed by atoms with Crippen LogP contribution in [0, 0.1) is 15.9 Å². The average molecular weight is 232 g/mol. The highest BCUT2D eigenvalue weighted by molar-refractivity contribution is 6.68. The van der Waals surface area contributed by atoms with Crippen molar-refractivity contribution in [2.75, 3.05) is 0 Å². The second-order valence-corrected chi connectivity index (χ2v) is 2.85. The molecule has 0 aliphatic rings. The van der Waals surface area contributed by atoms with Gasteiger partial charge in [0.2, 0.25) is 0 Å². The van der Waals surface area contributed by atoms with E-state index >= 15 is 0 Å². The Kier molecular flexibility index (Phi) is 3.11. The third kappa shape index (κ3) is 1.99. The number of benzene rings is 1. The van der Waals surface area contributed by atoms with E-state index in [0.29, 0.717) is 6.07 Å². The van der Waals surface area contributed by atoms with Crippen LogP contribution in [0.2, 0.25) is 0 Å². The largest absolute Gasteiger partial charge is 0.298 e. The number of hydrogen-bond acceptors (Lipinski definition) is 4. The monoisotopic (exact) mass is 231 g/mol. The van der Waals surface area contributed by atoms with Crippen molar-refractivity contribution >= 4 is 28.8 Å². The molecule has 5 nitrogen and oxygen atoms in total. The van der Waals surface area contributed by atoms with Crippen molar-refractivity contribution in [3.05, 3.63) is 39.2 Å². The summed E-state index contributed by atoms with van der Waals surface area (Å²) < 4.78 is 13.0. The molecule has 0 atom stereocenters. The summed E-state index contributed by atoms with van der Waals surface area (Å²) in [6, 6.07) is 1.50. The number of halogens is 2. The van der Waals surface area contributed by atoms with Crippen molar-refractivity contribution in [1.29, 1.82) is 0 Å². The first kappa shape index (κ1) is 11.3. The van der Waals surface area contributed by atoms with Crippen molar-refractivity contribution in [2.45, 2.75) is 0 Å². The van der Waals surface area contributed by atoms with E-state index in [0.717, 1.165) is 6.07 Å². The standard InChI is InChI=1S/C8H3ClFNO4/c9-8(13)7-4(3-12)6(11(14)15)2-1-5(7)10/h1-3H. The molecule has 0 bridgehead atoms. The van der Waals surface area contributed by atoms with E-state index < -0.39 is 32.8 Å². The Morgan fingerprint density at radius 1 is 1.53 bits per heavy atom. The number of carbonyl (C=O) groups is 2. The molecule has 1 aromatic carbocycles. The summed E-state index contributed by atoms with van der Waals surface area (Å²) in [6.45, 7) is 0. The van der Waals surface area contributed by atoms with E-state index in [4.69, 9.17) is 11.6 Å². The Balaban J connectivity index is 3.61. The molecule has 1 rings (SSSR count). The first-order valence-electron chi connectivity index (χ1n) is 3.61. The van der Waals surface area contributed by atoms with Gasteiger partial charge in [-0.3, -0.25) is 19.7 Å². The second kappa shape index (κ2) is 4.14. The molecule has 78 valence electrons. The predicted octanol–water partition coefficient (Wildman–Crippen LogP) is 1.93. The molecule has 0 heterocycles. The van der Waals surface area contributed by atoms with Crippen LogP contribution in [0.15, 0.2) is 12.1 Å². The molecule has 7 heteroatoms. The minimum absolute atomic E-state index is 0.0246. The summed E-state index contributed by atoms with van der Waals surface area (Å²) >= 11 is 5.01. The number of nitrogens with zero attached hydrogens (tertiary/aromatic N) is 1. The van der Waals surface area contributed by atoms with Gasteiger partial charge in [-0.05, 0) is 17.7 Å². The Bertz CT molecular complexity index is 460. The zero-order valence-corrected chi connectivity index (χ0v) is 7.82. The van der Waals surface area contributed by atoms with Crippen LogP contribution >= 0.6 is 11.6 Å². The van der Waals surface area contributed by atoms with Gasteiger partial charge in [-0.25, -0.2) is 4.39 Å². The molecule has 1 aromatic rings. The summed E-state index contributed by atoms with van der Waals surface area (Å²) in [6.07, 6.45) is 0.0246. The summed E-state index contributed by atoms with van der Waals surface area (Å²) in [5.74, 6) is -1.07. The van der Waals surface area contributed by atoms with Gasteiger partial charge in [0.1, 0.15) is 11.4 Å². The molecule has 0 radical (unpaired) electrons. The maximum atomic E-state index is 13.0. The van der Waals surface area contributed by atoms with Crippen LogP contribution in [0.25, 0.3) is 0 Å². The van der Waals surface area contributed by atoms with Gasteiger partial charge >= 0.3 is 0 Å². The molecule has 0 aliphatic heterocycles. The Labute approximate surface area is 87.6 Å². The molecule has 0 N–H and O–H groups in total. The Morgan fingerprint density at radius 2 is 2.13 bits per heavy atom. The molecule has 0 fully saturated rings. The van der Waals surface area contributed by atoms with E-state index in [1.807, 2.05) is 0 Å². The van der Waals surface area contributed by atoms with Crippen molar-refractivity contribution in [1.82, 2.24) is 0 Å². The third-order valence-electron chi connectivity index (χ3n) is 1.68. The SMILES string of the molecule is O=Cc1c([N+](=O)[O-])ccc(F)c1C(=O)Cl. The summed E-state index contributed by atoms with van der Waals surface area (Å²) in [5.41, 5.74) is -2.09. The fraction of sp³-hybridized carbons (Fsp3) is 0. The molecular weight excluding hydrogens is 229 g/mol. The average Bonchev–Trinajstić information content (AvgIpc) is 2.15. The van der Waals surface area contributed by atoms with E-state index in [2.05, 4.69) is 0 Å². The maximum Gasteiger partial charge on any atom is 0.280 e. The zero-order valence-electron chi connectivity index (χ0n) is 7.07. The summed E-state index contributed by atoms with van der Waals surface area (Å²) in [4.78, 5) is 30.8. The lowest BCUT2D eigenvalue weighted by atomic mass is 10.1. The Morgan fingerprint density at radius 3 is 2.53 bits per heavy atom. The number of rotatable bonds is 3. The van der Waals surface area contributed by atoms with Crippen molar-refractivity contribution < 1.29 is 18.9 Å². The van der Waals surface area contributed by atoms with Gasteiger partial charge in [-0.1, -0.05) is 0 Å². The lowest BCUT2D eigenvalue weighted by molar-refractivity contribution is -0.385. The smallest absolute Gasteiger partial charge is 0.280 e. The molecular formula is C8H3ClFNO4. The van der Waals surface area contributed by atoms with E-state index in [1.165, 1.54) is 0 Å². The molecule has 0 saturated carbocycles. The predicted molar refractivity (Wildman–Crippen MR) is 48.6 cm³/mol. The van der Waals surface area contributed by atoms with Crippen LogP contribution in [0.5, 0.6) is 0 Å². The fourth-order valence-electron chi connectivity index (χ4n) is 1.06. The minimum Gasteiger partial charge on any atom is -0.298 e. The van der Waals surface area contributed by atoms with Crippen LogP contribution < -0.4 is 0 Å². The Hall–Kier alpha value is -1.82. The second-order valence-electron chi connectivity index (χ2n) is 2.50. The van der Waals surface area contributed by atoms with Crippen LogP contribution in [-0.2, 0) is 0 Å². The summed E-state index contributed by atoms with van der Waals surface area (Å²) in [7, 11) is 0. The van der Waals surface area contributed by atoms with E-state index in [-0.39, 0.29) is 6.29 Å². The molecule has 0 unspecified atom stereocenters. The topological polar surface area (TPSA) is 77.3 Å². The number of nitro groups is 1. The molecule has 15 heavy (non-hydrogen) atoms. The first-order valence-corrected chi connectivity index (χ1v) is 3.98. The number of nitro benzene ring substituents is 1. The van der Waals surface area contributed by atoms with Gasteiger partial charge < -0.3 is 0 Å². The zero-order chi connectivity index (χ0) is 11.6.